The van der Waals surface area contributed by atoms with Crippen LogP contribution >= 0.6 is 0 Å². The number of rotatable bonds is 6. The van der Waals surface area contributed by atoms with Crippen LogP contribution in [0.1, 0.15) is 12.0 Å². The van der Waals surface area contributed by atoms with Crippen LogP contribution in [0.3, 0.4) is 0 Å². The van der Waals surface area contributed by atoms with Crippen molar-refractivity contribution in [2.45, 2.75) is 12.8 Å². The van der Waals surface area contributed by atoms with E-state index in [2.05, 4.69) is 5.32 Å². The summed E-state index contributed by atoms with van der Waals surface area (Å²) >= 11 is 0. The molecule has 0 heterocycles. The smallest absolute Gasteiger partial charge is 0.306 e. The molecule has 4 nitrogen and oxygen atoms in total. The molecule has 2 aromatic rings. The molecule has 114 valence electrons. The highest BCUT2D eigenvalue weighted by atomic mass is 19.1. The van der Waals surface area contributed by atoms with Gasteiger partial charge in [0.25, 0.3) is 5.91 Å². The summed E-state index contributed by atoms with van der Waals surface area (Å²) in [6.07, 6.45) is 0.766. The van der Waals surface area contributed by atoms with Crippen molar-refractivity contribution in [2.75, 3.05) is 11.9 Å². The Balaban J connectivity index is 1.70. The van der Waals surface area contributed by atoms with Crippen molar-refractivity contribution in [3.05, 3.63) is 66.0 Å². The minimum Gasteiger partial charge on any atom is -0.456 e. The molecule has 0 aliphatic carbocycles. The van der Waals surface area contributed by atoms with Gasteiger partial charge in [0.2, 0.25) is 0 Å². The molecule has 0 bridgehead atoms. The first kappa shape index (κ1) is 15.7. The van der Waals surface area contributed by atoms with Crippen LogP contribution < -0.4 is 5.32 Å². The Morgan fingerprint density at radius 1 is 1.05 bits per heavy atom. The van der Waals surface area contributed by atoms with Crippen LogP contribution in [-0.2, 0) is 20.7 Å². The van der Waals surface area contributed by atoms with Gasteiger partial charge in [0.05, 0.1) is 0 Å². The molecule has 0 radical (unpaired) electrons. The number of halogens is 1. The largest absolute Gasteiger partial charge is 0.456 e. The first-order chi connectivity index (χ1) is 10.6. The maximum Gasteiger partial charge on any atom is 0.306 e. The summed E-state index contributed by atoms with van der Waals surface area (Å²) in [6.45, 7) is -0.385. The predicted octanol–water partition coefficient (Wildman–Crippen LogP) is 2.94. The van der Waals surface area contributed by atoms with Gasteiger partial charge in [0, 0.05) is 12.1 Å². The van der Waals surface area contributed by atoms with Crippen molar-refractivity contribution in [3.8, 4) is 0 Å². The summed E-state index contributed by atoms with van der Waals surface area (Å²) in [7, 11) is 0. The third-order valence-corrected chi connectivity index (χ3v) is 2.93. The number of ether oxygens (including phenoxy) is 1. The van der Waals surface area contributed by atoms with Crippen molar-refractivity contribution in [1.82, 2.24) is 0 Å². The molecular weight excluding hydrogens is 285 g/mol. The van der Waals surface area contributed by atoms with Crippen LogP contribution in [0.25, 0.3) is 0 Å². The molecule has 0 saturated carbocycles. The van der Waals surface area contributed by atoms with E-state index in [0.717, 1.165) is 5.56 Å². The van der Waals surface area contributed by atoms with Crippen LogP contribution in [-0.4, -0.2) is 18.5 Å². The monoisotopic (exact) mass is 301 g/mol. The number of amides is 1. The molecule has 1 amide bonds. The summed E-state index contributed by atoms with van der Waals surface area (Å²) in [5.74, 6) is -1.39. The molecule has 0 atom stereocenters. The zero-order chi connectivity index (χ0) is 15.8. The zero-order valence-corrected chi connectivity index (χ0v) is 11.9. The Hall–Kier alpha value is -2.69. The molecule has 5 heteroatoms. The minimum atomic E-state index is -0.501. The maximum absolute atomic E-state index is 13.0. The van der Waals surface area contributed by atoms with Gasteiger partial charge in [-0.1, -0.05) is 36.4 Å². The van der Waals surface area contributed by atoms with Gasteiger partial charge in [-0.3, -0.25) is 9.59 Å². The Bertz CT molecular complexity index is 643. The van der Waals surface area contributed by atoms with E-state index < -0.39 is 17.7 Å². The highest BCUT2D eigenvalue weighted by Gasteiger charge is 2.08. The lowest BCUT2D eigenvalue weighted by atomic mass is 10.1. The van der Waals surface area contributed by atoms with Gasteiger partial charge >= 0.3 is 5.97 Å². The van der Waals surface area contributed by atoms with Crippen LogP contribution in [0.2, 0.25) is 0 Å². The fourth-order valence-corrected chi connectivity index (χ4v) is 1.87. The molecular formula is C17H16FNO3. The number of carbonyl (C=O) groups excluding carboxylic acids is 2. The van der Waals surface area contributed by atoms with E-state index in [9.17, 15) is 14.0 Å². The fraction of sp³-hybridized carbons (Fsp3) is 0.176. The highest BCUT2D eigenvalue weighted by molar-refractivity contribution is 5.92. The molecule has 0 saturated heterocycles. The molecule has 1 N–H and O–H groups in total. The maximum atomic E-state index is 13.0. The van der Waals surface area contributed by atoms with Gasteiger partial charge in [0.1, 0.15) is 5.82 Å². The molecule has 22 heavy (non-hydrogen) atoms. The van der Waals surface area contributed by atoms with Crippen LogP contribution in [0.5, 0.6) is 0 Å². The van der Waals surface area contributed by atoms with Gasteiger partial charge in [-0.15, -0.1) is 0 Å². The Kier molecular flexibility index (Phi) is 5.65. The summed E-state index contributed by atoms with van der Waals surface area (Å²) in [5.41, 5.74) is 1.36. The van der Waals surface area contributed by atoms with Crippen LogP contribution in [0.4, 0.5) is 10.1 Å². The Morgan fingerprint density at radius 2 is 1.82 bits per heavy atom. The topological polar surface area (TPSA) is 55.4 Å². The molecule has 0 aliphatic rings. The second kappa shape index (κ2) is 7.93. The van der Waals surface area contributed by atoms with Gasteiger partial charge in [-0.2, -0.15) is 0 Å². The standard InChI is InChI=1S/C17H16FNO3/c18-14-7-4-8-15(11-14)19-16(20)12-22-17(21)10-9-13-5-2-1-3-6-13/h1-8,11H,9-10,12H2,(H,19,20). The van der Waals surface area contributed by atoms with E-state index in [0.29, 0.717) is 12.1 Å². The van der Waals surface area contributed by atoms with Crippen molar-refractivity contribution >= 4 is 17.6 Å². The average molecular weight is 301 g/mol. The highest BCUT2D eigenvalue weighted by Crippen LogP contribution is 2.09. The lowest BCUT2D eigenvalue weighted by Gasteiger charge is -2.06. The number of anilines is 1. The van der Waals surface area contributed by atoms with Gasteiger partial charge < -0.3 is 10.1 Å². The molecule has 0 aliphatic heterocycles. The zero-order valence-electron chi connectivity index (χ0n) is 11.9. The SMILES string of the molecule is O=C(COC(=O)CCc1ccccc1)Nc1cccc(F)c1. The third-order valence-electron chi connectivity index (χ3n) is 2.93. The summed E-state index contributed by atoms with van der Waals surface area (Å²) in [4.78, 5) is 23.2. The second-order valence-electron chi connectivity index (χ2n) is 4.70. The van der Waals surface area contributed by atoms with E-state index in [-0.39, 0.29) is 13.0 Å². The molecule has 0 spiro atoms. The number of nitrogens with one attached hydrogen (secondary N) is 1. The second-order valence-corrected chi connectivity index (χ2v) is 4.70. The molecule has 2 aromatic carbocycles. The molecule has 0 aromatic heterocycles. The van der Waals surface area contributed by atoms with E-state index >= 15 is 0 Å². The number of carbonyl (C=O) groups is 2. The van der Waals surface area contributed by atoms with E-state index in [4.69, 9.17) is 4.74 Å². The number of hydrogen-bond acceptors (Lipinski definition) is 3. The van der Waals surface area contributed by atoms with Crippen molar-refractivity contribution in [1.29, 1.82) is 0 Å². The number of benzene rings is 2. The van der Waals surface area contributed by atoms with Gasteiger partial charge in [-0.25, -0.2) is 4.39 Å². The van der Waals surface area contributed by atoms with Crippen LogP contribution in [0.15, 0.2) is 54.6 Å². The predicted molar refractivity (Wildman–Crippen MR) is 80.8 cm³/mol. The first-order valence-corrected chi connectivity index (χ1v) is 6.88. The lowest BCUT2D eigenvalue weighted by molar-refractivity contribution is -0.147. The molecule has 0 unspecified atom stereocenters. The third kappa shape index (κ3) is 5.36. The minimum absolute atomic E-state index is 0.206. The van der Waals surface area contributed by atoms with E-state index in [1.54, 1.807) is 6.07 Å². The van der Waals surface area contributed by atoms with Crippen LogP contribution in [0, 0.1) is 5.82 Å². The van der Waals surface area contributed by atoms with Crippen molar-refractivity contribution in [3.63, 3.8) is 0 Å². The summed E-state index contributed by atoms with van der Waals surface area (Å²) in [6, 6.07) is 15.0. The summed E-state index contributed by atoms with van der Waals surface area (Å²) < 4.78 is 17.8. The molecule has 2 rings (SSSR count). The Morgan fingerprint density at radius 3 is 2.55 bits per heavy atom. The lowest BCUT2D eigenvalue weighted by Crippen LogP contribution is -2.21. The van der Waals surface area contributed by atoms with Gasteiger partial charge in [-0.05, 0) is 30.2 Å². The quantitative estimate of drug-likeness (QED) is 0.835. The fourth-order valence-electron chi connectivity index (χ4n) is 1.87. The first-order valence-electron chi connectivity index (χ1n) is 6.88. The number of aryl methyl sites for hydroxylation is 1. The Labute approximate surface area is 127 Å². The van der Waals surface area contributed by atoms with Gasteiger partial charge in [0.15, 0.2) is 6.61 Å². The number of esters is 1. The molecule has 0 fully saturated rings. The average Bonchev–Trinajstić information content (AvgIpc) is 2.52. The van der Waals surface area contributed by atoms with E-state index in [1.807, 2.05) is 30.3 Å². The van der Waals surface area contributed by atoms with Crippen molar-refractivity contribution in [2.24, 2.45) is 0 Å². The number of hydrogen-bond donors (Lipinski definition) is 1. The van der Waals surface area contributed by atoms with Crippen molar-refractivity contribution < 1.29 is 18.7 Å². The van der Waals surface area contributed by atoms with E-state index in [1.165, 1.54) is 18.2 Å². The summed E-state index contributed by atoms with van der Waals surface area (Å²) in [5, 5.41) is 2.46. The normalized spacial score (nSPS) is 10.0.